The molecule has 3 nitrogen and oxygen atoms in total. The Labute approximate surface area is 210 Å². The molecule has 1 atom stereocenters. The van der Waals surface area contributed by atoms with Crippen LogP contribution in [0.5, 0.6) is 5.75 Å². The topological polar surface area (TPSA) is 50.1 Å². The fourth-order valence-corrected chi connectivity index (χ4v) is 4.36. The van der Waals surface area contributed by atoms with Crippen LogP contribution in [0.3, 0.4) is 0 Å². The molecular weight excluding hydrogens is 430 g/mol. The van der Waals surface area contributed by atoms with Crippen LogP contribution < -0.4 is 4.74 Å². The molecule has 0 bridgehead atoms. The van der Waals surface area contributed by atoms with Crippen LogP contribution in [0.2, 0.25) is 0 Å². The summed E-state index contributed by atoms with van der Waals surface area (Å²) in [6, 6.07) is 23.8. The Balaban J connectivity index is 1.66. The van der Waals surface area contributed by atoms with Crippen LogP contribution in [0.4, 0.5) is 0 Å². The molecule has 0 spiro atoms. The van der Waals surface area contributed by atoms with Gasteiger partial charge in [-0.2, -0.15) is 5.26 Å². The molecule has 0 aromatic heterocycles. The molecule has 3 aromatic rings. The van der Waals surface area contributed by atoms with E-state index in [1.165, 1.54) is 37.7 Å². The number of nitriles is 1. The van der Waals surface area contributed by atoms with Crippen LogP contribution >= 0.6 is 0 Å². The molecule has 0 heterocycles. The van der Waals surface area contributed by atoms with E-state index >= 15 is 0 Å². The molecule has 0 saturated carbocycles. The molecule has 0 radical (unpaired) electrons. The van der Waals surface area contributed by atoms with Crippen molar-refractivity contribution in [2.45, 2.75) is 72.1 Å². The van der Waals surface area contributed by atoms with Crippen molar-refractivity contribution in [3.63, 3.8) is 0 Å². The van der Waals surface area contributed by atoms with E-state index in [1.807, 2.05) is 24.3 Å². The number of unbranched alkanes of at least 4 members (excludes halogenated alkanes) is 2. The summed E-state index contributed by atoms with van der Waals surface area (Å²) in [5, 5.41) is 9.65. The molecule has 3 aromatic carbocycles. The quantitative estimate of drug-likeness (QED) is 0.198. The minimum atomic E-state index is -0.454. The van der Waals surface area contributed by atoms with Crippen molar-refractivity contribution in [1.82, 2.24) is 0 Å². The van der Waals surface area contributed by atoms with Gasteiger partial charge in [-0.15, -0.1) is 0 Å². The predicted octanol–water partition coefficient (Wildman–Crippen LogP) is 8.55. The van der Waals surface area contributed by atoms with Crippen LogP contribution in [0.25, 0.3) is 11.1 Å². The van der Waals surface area contributed by atoms with E-state index in [-0.39, 0.29) is 0 Å². The monoisotopic (exact) mass is 467 g/mol. The minimum Gasteiger partial charge on any atom is -0.422 e. The van der Waals surface area contributed by atoms with Crippen molar-refractivity contribution in [3.8, 4) is 22.9 Å². The number of carbonyl (C=O) groups excluding carboxylic acids is 1. The molecule has 1 unspecified atom stereocenters. The second-order valence-electron chi connectivity index (χ2n) is 9.33. The summed E-state index contributed by atoms with van der Waals surface area (Å²) in [6.45, 7) is 6.63. The summed E-state index contributed by atoms with van der Waals surface area (Å²) in [4.78, 5) is 12.8. The van der Waals surface area contributed by atoms with Crippen molar-refractivity contribution < 1.29 is 9.53 Å². The zero-order chi connectivity index (χ0) is 25.0. The standard InChI is InChI=1S/C32H37NO2/c1-4-7-9-24(6-3)21-26-13-20-31(30(22-26)23-33)35-32(34)29-18-16-28(17-19-29)27-14-11-25(12-15-27)10-8-5-2/h11-20,22,24H,4-10,21H2,1-3H3. The molecule has 0 aliphatic carbocycles. The number of hydrogen-bond donors (Lipinski definition) is 0. The molecule has 0 fully saturated rings. The number of carbonyl (C=O) groups is 1. The third-order valence-corrected chi connectivity index (χ3v) is 6.66. The Bertz CT molecular complexity index is 1120. The van der Waals surface area contributed by atoms with Crippen LogP contribution in [-0.4, -0.2) is 5.97 Å². The second-order valence-corrected chi connectivity index (χ2v) is 9.33. The highest BCUT2D eigenvalue weighted by molar-refractivity contribution is 5.92. The summed E-state index contributed by atoms with van der Waals surface area (Å²) < 4.78 is 5.61. The summed E-state index contributed by atoms with van der Waals surface area (Å²) in [5.74, 6) is 0.473. The Morgan fingerprint density at radius 1 is 0.857 bits per heavy atom. The Morgan fingerprint density at radius 3 is 2.09 bits per heavy atom. The van der Waals surface area contributed by atoms with Gasteiger partial charge in [0.25, 0.3) is 0 Å². The molecule has 0 saturated heterocycles. The molecule has 182 valence electrons. The highest BCUT2D eigenvalue weighted by Crippen LogP contribution is 2.26. The largest absolute Gasteiger partial charge is 0.422 e. The van der Waals surface area contributed by atoms with Crippen LogP contribution in [0.1, 0.15) is 86.3 Å². The first-order chi connectivity index (χ1) is 17.1. The highest BCUT2D eigenvalue weighted by Gasteiger charge is 2.14. The van der Waals surface area contributed by atoms with Crippen LogP contribution in [-0.2, 0) is 12.8 Å². The molecular formula is C32H37NO2. The highest BCUT2D eigenvalue weighted by atomic mass is 16.5. The van der Waals surface area contributed by atoms with Crippen LogP contribution in [0.15, 0.2) is 66.7 Å². The van der Waals surface area contributed by atoms with Gasteiger partial charge in [0.15, 0.2) is 0 Å². The van der Waals surface area contributed by atoms with Gasteiger partial charge in [-0.05, 0) is 71.7 Å². The zero-order valence-corrected chi connectivity index (χ0v) is 21.3. The van der Waals surface area contributed by atoms with Gasteiger partial charge < -0.3 is 4.74 Å². The molecule has 0 aliphatic heterocycles. The Hall–Kier alpha value is -3.38. The van der Waals surface area contributed by atoms with E-state index in [2.05, 4.69) is 51.1 Å². The predicted molar refractivity (Wildman–Crippen MR) is 144 cm³/mol. The number of nitrogens with zero attached hydrogens (tertiary/aromatic N) is 1. The van der Waals surface area contributed by atoms with E-state index in [1.54, 1.807) is 18.2 Å². The van der Waals surface area contributed by atoms with Gasteiger partial charge in [0.2, 0.25) is 0 Å². The van der Waals surface area contributed by atoms with Crippen molar-refractivity contribution in [2.24, 2.45) is 5.92 Å². The fourth-order valence-electron chi connectivity index (χ4n) is 4.36. The number of aryl methyl sites for hydroxylation is 1. The minimum absolute atomic E-state index is 0.314. The van der Waals surface area contributed by atoms with E-state index < -0.39 is 5.97 Å². The van der Waals surface area contributed by atoms with E-state index in [9.17, 15) is 10.1 Å². The van der Waals surface area contributed by atoms with Gasteiger partial charge in [-0.25, -0.2) is 4.79 Å². The zero-order valence-electron chi connectivity index (χ0n) is 21.3. The summed E-state index contributed by atoms with van der Waals surface area (Å²) in [5.41, 5.74) is 5.51. The first-order valence-electron chi connectivity index (χ1n) is 13.0. The van der Waals surface area contributed by atoms with Gasteiger partial charge >= 0.3 is 5.97 Å². The number of ether oxygens (including phenoxy) is 1. The molecule has 3 heteroatoms. The number of rotatable bonds is 12. The van der Waals surface area contributed by atoms with Gasteiger partial charge in [0.1, 0.15) is 11.8 Å². The molecule has 3 rings (SSSR count). The average Bonchev–Trinajstić information content (AvgIpc) is 2.90. The van der Waals surface area contributed by atoms with Gasteiger partial charge in [0, 0.05) is 0 Å². The van der Waals surface area contributed by atoms with E-state index in [0.29, 0.717) is 22.8 Å². The number of esters is 1. The lowest BCUT2D eigenvalue weighted by atomic mass is 9.91. The van der Waals surface area contributed by atoms with Crippen molar-refractivity contribution in [2.75, 3.05) is 0 Å². The summed E-state index contributed by atoms with van der Waals surface area (Å²) in [6.07, 6.45) is 9.18. The Kier molecular flexibility index (Phi) is 10.1. The second kappa shape index (κ2) is 13.5. The van der Waals surface area contributed by atoms with Crippen molar-refractivity contribution in [3.05, 3.63) is 89.0 Å². The fraction of sp³-hybridized carbons (Fsp3) is 0.375. The van der Waals surface area contributed by atoms with E-state index in [0.717, 1.165) is 36.0 Å². The smallest absolute Gasteiger partial charge is 0.343 e. The lowest BCUT2D eigenvalue weighted by molar-refractivity contribution is 0.0734. The van der Waals surface area contributed by atoms with Crippen LogP contribution in [0, 0.1) is 17.2 Å². The van der Waals surface area contributed by atoms with E-state index in [4.69, 9.17) is 4.74 Å². The van der Waals surface area contributed by atoms with Crippen molar-refractivity contribution in [1.29, 1.82) is 5.26 Å². The number of hydrogen-bond acceptors (Lipinski definition) is 3. The maximum Gasteiger partial charge on any atom is 0.343 e. The van der Waals surface area contributed by atoms with Crippen molar-refractivity contribution >= 4 is 5.97 Å². The maximum absolute atomic E-state index is 12.8. The van der Waals surface area contributed by atoms with Gasteiger partial charge in [-0.3, -0.25) is 0 Å². The lowest BCUT2D eigenvalue weighted by Crippen LogP contribution is -2.10. The summed E-state index contributed by atoms with van der Waals surface area (Å²) >= 11 is 0. The third kappa shape index (κ3) is 7.55. The SMILES string of the molecule is CCCCc1ccc(-c2ccc(C(=O)Oc3ccc(CC(CC)CCCC)cc3C#N)cc2)cc1. The maximum atomic E-state index is 12.8. The Morgan fingerprint density at radius 2 is 1.49 bits per heavy atom. The first kappa shape index (κ1) is 26.2. The number of benzene rings is 3. The average molecular weight is 468 g/mol. The van der Waals surface area contributed by atoms with Gasteiger partial charge in [-0.1, -0.05) is 95.3 Å². The molecule has 0 aliphatic rings. The molecule has 0 N–H and O–H groups in total. The lowest BCUT2D eigenvalue weighted by Gasteiger charge is -2.15. The molecule has 35 heavy (non-hydrogen) atoms. The molecule has 0 amide bonds. The first-order valence-corrected chi connectivity index (χ1v) is 13.0. The normalized spacial score (nSPS) is 11.6. The summed E-state index contributed by atoms with van der Waals surface area (Å²) in [7, 11) is 0. The third-order valence-electron chi connectivity index (χ3n) is 6.66. The van der Waals surface area contributed by atoms with Gasteiger partial charge in [0.05, 0.1) is 11.1 Å².